The number of rotatable bonds is 3. The molecule has 2 rings (SSSR count). The summed E-state index contributed by atoms with van der Waals surface area (Å²) in [7, 11) is 0. The molecule has 0 spiro atoms. The van der Waals surface area contributed by atoms with Gasteiger partial charge in [-0.05, 0) is 36.4 Å². The molecule has 0 aliphatic heterocycles. The zero-order valence-electron chi connectivity index (χ0n) is 8.83. The van der Waals surface area contributed by atoms with Gasteiger partial charge in [0.1, 0.15) is 11.4 Å². The Morgan fingerprint density at radius 1 is 1.18 bits per heavy atom. The van der Waals surface area contributed by atoms with Crippen molar-refractivity contribution >= 4 is 17.7 Å². The molecule has 0 bridgehead atoms. The topological polar surface area (TPSA) is 76.2 Å². The second-order valence-corrected chi connectivity index (χ2v) is 4.48. The minimum absolute atomic E-state index is 0.224. The summed E-state index contributed by atoms with van der Waals surface area (Å²) in [5, 5.41) is 9.16. The standard InChI is InChI=1S/C12H10N2O2S/c13-12(16)11-7-10(5-6-14-11)17-9-3-1-8(15)2-4-9/h1-7,15H,(H2,13,16). The fourth-order valence-corrected chi connectivity index (χ4v) is 2.10. The van der Waals surface area contributed by atoms with Crippen LogP contribution in [0.15, 0.2) is 52.4 Å². The highest BCUT2D eigenvalue weighted by Gasteiger charge is 2.04. The van der Waals surface area contributed by atoms with Crippen LogP contribution in [0.1, 0.15) is 10.5 Å². The molecule has 1 heterocycles. The number of amides is 1. The van der Waals surface area contributed by atoms with Crippen molar-refractivity contribution in [2.45, 2.75) is 9.79 Å². The highest BCUT2D eigenvalue weighted by atomic mass is 32.2. The summed E-state index contributed by atoms with van der Waals surface area (Å²) >= 11 is 1.47. The van der Waals surface area contributed by atoms with E-state index in [1.807, 2.05) is 0 Å². The first kappa shape index (κ1) is 11.5. The molecule has 5 heteroatoms. The van der Waals surface area contributed by atoms with Crippen molar-refractivity contribution in [2.75, 3.05) is 0 Å². The van der Waals surface area contributed by atoms with Crippen molar-refractivity contribution in [2.24, 2.45) is 5.73 Å². The summed E-state index contributed by atoms with van der Waals surface area (Å²) in [6, 6.07) is 10.2. The van der Waals surface area contributed by atoms with Gasteiger partial charge in [0.15, 0.2) is 0 Å². The van der Waals surface area contributed by atoms with Gasteiger partial charge in [0, 0.05) is 16.0 Å². The molecule has 0 fully saturated rings. The van der Waals surface area contributed by atoms with Gasteiger partial charge >= 0.3 is 0 Å². The normalized spacial score (nSPS) is 10.1. The van der Waals surface area contributed by atoms with Crippen LogP contribution in [0, 0.1) is 0 Å². The van der Waals surface area contributed by atoms with Gasteiger partial charge in [0.05, 0.1) is 0 Å². The van der Waals surface area contributed by atoms with Crippen molar-refractivity contribution in [3.8, 4) is 5.75 Å². The second-order valence-electron chi connectivity index (χ2n) is 3.34. The van der Waals surface area contributed by atoms with Gasteiger partial charge in [-0.1, -0.05) is 11.8 Å². The van der Waals surface area contributed by atoms with E-state index in [4.69, 9.17) is 10.8 Å². The molecule has 0 aliphatic rings. The first-order chi connectivity index (χ1) is 8.15. The van der Waals surface area contributed by atoms with E-state index in [2.05, 4.69) is 4.98 Å². The van der Waals surface area contributed by atoms with E-state index in [0.717, 1.165) is 9.79 Å². The number of primary amides is 1. The van der Waals surface area contributed by atoms with Crippen LogP contribution in [0.25, 0.3) is 0 Å². The molecule has 0 saturated heterocycles. The largest absolute Gasteiger partial charge is 0.508 e. The molecular weight excluding hydrogens is 236 g/mol. The zero-order chi connectivity index (χ0) is 12.3. The summed E-state index contributed by atoms with van der Waals surface area (Å²) in [6.45, 7) is 0. The monoisotopic (exact) mass is 246 g/mol. The number of hydrogen-bond donors (Lipinski definition) is 2. The Labute approximate surface area is 102 Å². The number of nitrogens with zero attached hydrogens (tertiary/aromatic N) is 1. The minimum atomic E-state index is -0.543. The third kappa shape index (κ3) is 2.98. The Morgan fingerprint density at radius 3 is 2.53 bits per heavy atom. The average Bonchev–Trinajstić information content (AvgIpc) is 2.32. The average molecular weight is 246 g/mol. The van der Waals surface area contributed by atoms with E-state index >= 15 is 0 Å². The maximum atomic E-state index is 11.0. The number of carbonyl (C=O) groups is 1. The lowest BCUT2D eigenvalue weighted by Gasteiger charge is -2.02. The van der Waals surface area contributed by atoms with Crippen LogP contribution in [0.2, 0.25) is 0 Å². The van der Waals surface area contributed by atoms with Crippen molar-refractivity contribution in [3.05, 3.63) is 48.3 Å². The Kier molecular flexibility index (Phi) is 3.30. The van der Waals surface area contributed by atoms with E-state index in [9.17, 15) is 4.79 Å². The highest BCUT2D eigenvalue weighted by Crippen LogP contribution is 2.28. The fraction of sp³-hybridized carbons (Fsp3) is 0. The third-order valence-electron chi connectivity index (χ3n) is 2.06. The summed E-state index contributed by atoms with van der Waals surface area (Å²) in [5.41, 5.74) is 5.40. The lowest BCUT2D eigenvalue weighted by atomic mass is 10.3. The third-order valence-corrected chi connectivity index (χ3v) is 3.05. The molecule has 4 nitrogen and oxygen atoms in total. The van der Waals surface area contributed by atoms with Gasteiger partial charge in [-0.25, -0.2) is 0 Å². The molecule has 0 unspecified atom stereocenters. The summed E-state index contributed by atoms with van der Waals surface area (Å²) in [5.74, 6) is -0.319. The molecule has 1 amide bonds. The first-order valence-electron chi connectivity index (χ1n) is 4.88. The van der Waals surface area contributed by atoms with Crippen LogP contribution in [0.3, 0.4) is 0 Å². The quantitative estimate of drug-likeness (QED) is 0.868. The van der Waals surface area contributed by atoms with E-state index in [1.165, 1.54) is 11.8 Å². The SMILES string of the molecule is NC(=O)c1cc(Sc2ccc(O)cc2)ccn1. The first-order valence-corrected chi connectivity index (χ1v) is 5.69. The molecular formula is C12H10N2O2S. The maximum Gasteiger partial charge on any atom is 0.267 e. The zero-order valence-corrected chi connectivity index (χ0v) is 9.65. The number of phenolic OH excluding ortho intramolecular Hbond substituents is 1. The van der Waals surface area contributed by atoms with Crippen LogP contribution < -0.4 is 5.73 Å². The summed E-state index contributed by atoms with van der Waals surface area (Å²) in [6.07, 6.45) is 1.54. The number of benzene rings is 1. The van der Waals surface area contributed by atoms with Crippen LogP contribution in [0.4, 0.5) is 0 Å². The predicted octanol–water partition coefficient (Wildman–Crippen LogP) is 2.04. The van der Waals surface area contributed by atoms with E-state index in [1.54, 1.807) is 42.6 Å². The molecule has 0 saturated carbocycles. The molecule has 86 valence electrons. The number of hydrogen-bond acceptors (Lipinski definition) is 4. The number of pyridine rings is 1. The number of aromatic nitrogens is 1. The number of nitrogens with two attached hydrogens (primary N) is 1. The summed E-state index contributed by atoms with van der Waals surface area (Å²) < 4.78 is 0. The molecule has 1 aromatic carbocycles. The number of aromatic hydroxyl groups is 1. The molecule has 17 heavy (non-hydrogen) atoms. The van der Waals surface area contributed by atoms with Gasteiger partial charge in [0.2, 0.25) is 0 Å². The molecule has 0 aliphatic carbocycles. The van der Waals surface area contributed by atoms with Crippen LogP contribution in [0.5, 0.6) is 5.75 Å². The van der Waals surface area contributed by atoms with E-state index in [-0.39, 0.29) is 11.4 Å². The van der Waals surface area contributed by atoms with Gasteiger partial charge in [-0.2, -0.15) is 0 Å². The van der Waals surface area contributed by atoms with E-state index < -0.39 is 5.91 Å². The van der Waals surface area contributed by atoms with Gasteiger partial charge in [-0.15, -0.1) is 0 Å². The Morgan fingerprint density at radius 2 is 1.88 bits per heavy atom. The lowest BCUT2D eigenvalue weighted by molar-refractivity contribution is 0.0995. The molecule has 1 aromatic heterocycles. The molecule has 2 aromatic rings. The predicted molar refractivity (Wildman–Crippen MR) is 65.0 cm³/mol. The van der Waals surface area contributed by atoms with Crippen molar-refractivity contribution in [1.82, 2.24) is 4.98 Å². The smallest absolute Gasteiger partial charge is 0.267 e. The number of phenols is 1. The lowest BCUT2D eigenvalue weighted by Crippen LogP contribution is -2.12. The number of carbonyl (C=O) groups excluding carboxylic acids is 1. The van der Waals surface area contributed by atoms with Gasteiger partial charge in [-0.3, -0.25) is 9.78 Å². The maximum absolute atomic E-state index is 11.0. The van der Waals surface area contributed by atoms with Crippen molar-refractivity contribution in [1.29, 1.82) is 0 Å². The fourth-order valence-electron chi connectivity index (χ4n) is 1.26. The Balaban J connectivity index is 2.21. The van der Waals surface area contributed by atoms with Crippen molar-refractivity contribution < 1.29 is 9.90 Å². The molecule has 0 atom stereocenters. The van der Waals surface area contributed by atoms with Gasteiger partial charge in [0.25, 0.3) is 5.91 Å². The minimum Gasteiger partial charge on any atom is -0.508 e. The van der Waals surface area contributed by atoms with Crippen LogP contribution >= 0.6 is 11.8 Å². The molecule has 3 N–H and O–H groups in total. The highest BCUT2D eigenvalue weighted by molar-refractivity contribution is 7.99. The summed E-state index contributed by atoms with van der Waals surface area (Å²) in [4.78, 5) is 16.7. The van der Waals surface area contributed by atoms with Crippen LogP contribution in [-0.4, -0.2) is 16.0 Å². The van der Waals surface area contributed by atoms with Crippen molar-refractivity contribution in [3.63, 3.8) is 0 Å². The van der Waals surface area contributed by atoms with Gasteiger partial charge < -0.3 is 10.8 Å². The molecule has 0 radical (unpaired) electrons. The Hall–Kier alpha value is -2.01. The second kappa shape index (κ2) is 4.88. The van der Waals surface area contributed by atoms with Crippen LogP contribution in [-0.2, 0) is 0 Å². The van der Waals surface area contributed by atoms with E-state index in [0.29, 0.717) is 0 Å². The Bertz CT molecular complexity index is 540.